The maximum absolute atomic E-state index is 15.1. The second-order valence-electron chi connectivity index (χ2n) is 8.07. The van der Waals surface area contributed by atoms with E-state index in [9.17, 15) is 4.79 Å². The maximum atomic E-state index is 15.1. The molecule has 4 rings (SSSR count). The van der Waals surface area contributed by atoms with Crippen LogP contribution in [0.4, 0.5) is 9.39 Å². The van der Waals surface area contributed by atoms with Crippen LogP contribution in [-0.4, -0.2) is 48.4 Å². The normalized spacial score (nSPS) is 16.1. The van der Waals surface area contributed by atoms with Crippen LogP contribution in [0, 0.1) is 5.82 Å². The second kappa shape index (κ2) is 10.4. The van der Waals surface area contributed by atoms with Crippen molar-refractivity contribution in [3.8, 4) is 0 Å². The number of nitrogens with one attached hydrogen (secondary N) is 1. The Labute approximate surface area is 193 Å². The van der Waals surface area contributed by atoms with Crippen molar-refractivity contribution < 1.29 is 9.18 Å². The lowest BCUT2D eigenvalue weighted by Gasteiger charge is -2.39. The number of piperazine rings is 1. The Morgan fingerprint density at radius 1 is 1.00 bits per heavy atom. The molecule has 0 aliphatic carbocycles. The van der Waals surface area contributed by atoms with Crippen LogP contribution in [0.5, 0.6) is 0 Å². The summed E-state index contributed by atoms with van der Waals surface area (Å²) in [5.74, 6) is -0.348. The van der Waals surface area contributed by atoms with E-state index in [1.807, 2.05) is 42.5 Å². The van der Waals surface area contributed by atoms with E-state index >= 15 is 4.39 Å². The smallest absolute Gasteiger partial charge is 0.256 e. The summed E-state index contributed by atoms with van der Waals surface area (Å²) in [5.41, 5.74) is 2.25. The van der Waals surface area contributed by atoms with E-state index in [1.165, 1.54) is 10.9 Å². The van der Waals surface area contributed by atoms with Crippen LogP contribution in [0.15, 0.2) is 60.7 Å². The van der Waals surface area contributed by atoms with Crippen LogP contribution in [0.3, 0.4) is 0 Å². The van der Waals surface area contributed by atoms with E-state index in [0.717, 1.165) is 49.7 Å². The quantitative estimate of drug-likeness (QED) is 0.520. The minimum Gasteiger partial charge on any atom is -0.313 e. The van der Waals surface area contributed by atoms with Crippen LogP contribution < -0.4 is 5.32 Å². The molecule has 1 fully saturated rings. The predicted molar refractivity (Wildman–Crippen MR) is 130 cm³/mol. The van der Waals surface area contributed by atoms with Gasteiger partial charge in [0.25, 0.3) is 5.91 Å². The number of nitrogens with zero attached hydrogens (tertiary/aromatic N) is 2. The van der Waals surface area contributed by atoms with Crippen molar-refractivity contribution >= 4 is 22.2 Å². The Kier molecular flexibility index (Phi) is 7.35. The van der Waals surface area contributed by atoms with Crippen LogP contribution in [0.2, 0.25) is 0 Å². The van der Waals surface area contributed by atoms with Crippen LogP contribution in [0.1, 0.15) is 46.3 Å². The molecule has 1 aliphatic rings. The highest BCUT2D eigenvalue weighted by atomic mass is 32.1. The number of hydrogen-bond acceptors (Lipinski definition) is 4. The highest BCUT2D eigenvalue weighted by Gasteiger charge is 2.31. The van der Waals surface area contributed by atoms with Crippen LogP contribution >= 0.6 is 11.3 Å². The van der Waals surface area contributed by atoms with Gasteiger partial charge in [-0.25, -0.2) is 4.39 Å². The SMILES string of the molecule is CCc1cc(C(c2ccccc2F)N2CCN(CC)CC2)c(NC(=O)c2ccccc2)s1. The fourth-order valence-corrected chi connectivity index (χ4v) is 5.32. The van der Waals surface area contributed by atoms with Crippen molar-refractivity contribution in [2.24, 2.45) is 0 Å². The molecule has 2 aromatic carbocycles. The summed E-state index contributed by atoms with van der Waals surface area (Å²) in [6.45, 7) is 8.93. The van der Waals surface area contributed by atoms with Gasteiger partial charge in [0.2, 0.25) is 0 Å². The predicted octanol–water partition coefficient (Wildman–Crippen LogP) is 5.43. The van der Waals surface area contributed by atoms with Crippen molar-refractivity contribution in [1.29, 1.82) is 0 Å². The third-order valence-corrected chi connectivity index (χ3v) is 7.35. The lowest BCUT2D eigenvalue weighted by Crippen LogP contribution is -2.47. The average Bonchev–Trinajstić information content (AvgIpc) is 3.24. The Hall–Kier alpha value is -2.54. The molecule has 3 aromatic rings. The number of rotatable bonds is 7. The highest BCUT2D eigenvalue weighted by Crippen LogP contribution is 2.40. The molecule has 2 heterocycles. The molecule has 1 aliphatic heterocycles. The van der Waals surface area contributed by atoms with Gasteiger partial charge in [-0.1, -0.05) is 50.2 Å². The van der Waals surface area contributed by atoms with E-state index in [1.54, 1.807) is 17.4 Å². The first-order valence-electron chi connectivity index (χ1n) is 11.3. The lowest BCUT2D eigenvalue weighted by molar-refractivity contribution is 0.102. The number of anilines is 1. The zero-order chi connectivity index (χ0) is 22.5. The number of halogens is 1. The largest absolute Gasteiger partial charge is 0.313 e. The Bertz CT molecular complexity index is 1040. The van der Waals surface area contributed by atoms with Crippen molar-refractivity contribution in [2.45, 2.75) is 26.3 Å². The molecule has 0 radical (unpaired) electrons. The van der Waals surface area contributed by atoms with Gasteiger partial charge < -0.3 is 10.2 Å². The number of thiophene rings is 1. The van der Waals surface area contributed by atoms with Gasteiger partial charge in [0.05, 0.1) is 6.04 Å². The molecule has 1 unspecified atom stereocenters. The van der Waals surface area contributed by atoms with Crippen molar-refractivity contribution in [2.75, 3.05) is 38.0 Å². The molecule has 0 spiro atoms. The summed E-state index contributed by atoms with van der Waals surface area (Å²) in [4.78, 5) is 18.9. The Balaban J connectivity index is 1.73. The van der Waals surface area contributed by atoms with E-state index in [0.29, 0.717) is 11.1 Å². The van der Waals surface area contributed by atoms with Gasteiger partial charge in [-0.15, -0.1) is 11.3 Å². The molecule has 1 aromatic heterocycles. The van der Waals surface area contributed by atoms with Crippen LogP contribution in [-0.2, 0) is 6.42 Å². The first-order valence-corrected chi connectivity index (χ1v) is 12.1. The molecule has 0 saturated carbocycles. The summed E-state index contributed by atoms with van der Waals surface area (Å²) >= 11 is 1.59. The van der Waals surface area contributed by atoms with Crippen molar-refractivity contribution in [3.05, 3.63) is 88.0 Å². The number of hydrogen-bond donors (Lipinski definition) is 1. The first-order chi connectivity index (χ1) is 15.6. The number of aryl methyl sites for hydroxylation is 1. The molecule has 168 valence electrons. The van der Waals surface area contributed by atoms with Crippen molar-refractivity contribution in [3.63, 3.8) is 0 Å². The Morgan fingerprint density at radius 3 is 2.34 bits per heavy atom. The number of carbonyl (C=O) groups excluding carboxylic acids is 1. The van der Waals surface area contributed by atoms with Gasteiger partial charge in [-0.05, 0) is 37.2 Å². The van der Waals surface area contributed by atoms with Gasteiger partial charge in [0.15, 0.2) is 0 Å². The molecular weight excluding hydrogens is 421 g/mol. The fourth-order valence-electron chi connectivity index (χ4n) is 4.29. The monoisotopic (exact) mass is 451 g/mol. The number of likely N-dealkylation sites (N-methyl/N-ethyl adjacent to an activating group) is 1. The minimum atomic E-state index is -0.238. The molecule has 6 heteroatoms. The van der Waals surface area contributed by atoms with E-state index < -0.39 is 0 Å². The maximum Gasteiger partial charge on any atom is 0.256 e. The summed E-state index contributed by atoms with van der Waals surface area (Å²) in [5, 5.41) is 3.94. The molecular formula is C26H30FN3OS. The van der Waals surface area contributed by atoms with Gasteiger partial charge in [-0.2, -0.15) is 0 Å². The van der Waals surface area contributed by atoms with Gasteiger partial charge in [0, 0.05) is 47.7 Å². The first kappa shape index (κ1) is 22.6. The molecule has 1 saturated heterocycles. The zero-order valence-corrected chi connectivity index (χ0v) is 19.5. The molecule has 32 heavy (non-hydrogen) atoms. The van der Waals surface area contributed by atoms with Crippen molar-refractivity contribution in [1.82, 2.24) is 9.80 Å². The average molecular weight is 452 g/mol. The highest BCUT2D eigenvalue weighted by molar-refractivity contribution is 7.16. The lowest BCUT2D eigenvalue weighted by atomic mass is 9.96. The third kappa shape index (κ3) is 4.93. The number of benzene rings is 2. The fraction of sp³-hybridized carbons (Fsp3) is 0.346. The van der Waals surface area contributed by atoms with E-state index in [4.69, 9.17) is 0 Å². The van der Waals surface area contributed by atoms with Gasteiger partial charge in [0.1, 0.15) is 10.8 Å². The number of amides is 1. The zero-order valence-electron chi connectivity index (χ0n) is 18.7. The topological polar surface area (TPSA) is 35.6 Å². The molecule has 4 nitrogen and oxygen atoms in total. The summed E-state index contributed by atoms with van der Waals surface area (Å²) in [6.07, 6.45) is 0.868. The molecule has 1 amide bonds. The van der Waals surface area contributed by atoms with Gasteiger partial charge in [-0.3, -0.25) is 9.69 Å². The molecule has 0 bridgehead atoms. The number of carbonyl (C=O) groups is 1. The summed E-state index contributed by atoms with van der Waals surface area (Å²) in [7, 11) is 0. The second-order valence-corrected chi connectivity index (χ2v) is 9.20. The van der Waals surface area contributed by atoms with Crippen LogP contribution in [0.25, 0.3) is 0 Å². The minimum absolute atomic E-state index is 0.139. The standard InChI is InChI=1S/C26H30FN3OS/c1-3-20-18-22(26(32-20)28-25(31)19-10-6-5-7-11-19)24(21-12-8-9-13-23(21)27)30-16-14-29(4-2)15-17-30/h5-13,18,24H,3-4,14-17H2,1-2H3,(H,28,31). The van der Waals surface area contributed by atoms with Gasteiger partial charge >= 0.3 is 0 Å². The van der Waals surface area contributed by atoms with E-state index in [-0.39, 0.29) is 17.8 Å². The summed E-state index contributed by atoms with van der Waals surface area (Å²) in [6, 6.07) is 18.2. The van der Waals surface area contributed by atoms with E-state index in [2.05, 4.69) is 35.0 Å². The summed E-state index contributed by atoms with van der Waals surface area (Å²) < 4.78 is 15.1. The molecule has 1 atom stereocenters. The Morgan fingerprint density at radius 2 is 1.69 bits per heavy atom. The molecule has 1 N–H and O–H groups in total. The third-order valence-electron chi connectivity index (χ3n) is 6.14.